The van der Waals surface area contributed by atoms with Crippen LogP contribution in [0.15, 0.2) is 142 Å². The van der Waals surface area contributed by atoms with Gasteiger partial charge in [0.25, 0.3) is 0 Å². The van der Waals surface area contributed by atoms with E-state index in [0.29, 0.717) is 151 Å². The SMILES string of the molecule is CC(=O)N1C(C)C=C(c2cnc(CCc3c(F)ccc4c3CCO4)n3cnnc23)CC1C.CC1C=C(c2cnc(CCc3c(F)ccc4c3CCO4)n3cnnc23)CC(C)N1.CN1CCC(c2cnc(CCc3c(F)ccc4c3CCO4)n3cnnc23)=CC1=O.CN1CCC(c2cnc(CCc3c(F)ccc4c3CCO4)n3cnnc23)CC1.CN1CCC(c2cnc(CCc3c(F)ccc4c3CCO4)n3cnnc23)CC1=O. The topological polar surface area (TPSA) is 338 Å². The number of rotatable bonds is 20. The number of hydrogen-bond donors (Lipinski definition) is 1. The zero-order valence-corrected chi connectivity index (χ0v) is 83.6. The predicted octanol–water partition coefficient (Wildman–Crippen LogP) is 13.9. The molecule has 0 saturated carbocycles. The molecule has 10 aromatic heterocycles. The molecular weight excluding hydrogens is 1880 g/mol. The van der Waals surface area contributed by atoms with Crippen molar-refractivity contribution in [1.82, 2.24) is 123 Å². The van der Waals surface area contributed by atoms with Gasteiger partial charge in [-0.15, -0.1) is 51.0 Å². The lowest BCUT2D eigenvalue weighted by atomic mass is 9.90. The van der Waals surface area contributed by atoms with Gasteiger partial charge in [-0.1, -0.05) is 12.2 Å². The van der Waals surface area contributed by atoms with Crippen LogP contribution in [0.5, 0.6) is 28.7 Å². The number of likely N-dealkylation sites (tertiary alicyclic amines) is 2. The van der Waals surface area contributed by atoms with Gasteiger partial charge in [0.05, 0.1) is 33.0 Å². The molecule has 0 bridgehead atoms. The van der Waals surface area contributed by atoms with Gasteiger partial charge >= 0.3 is 0 Å². The molecule has 3 amide bonds. The van der Waals surface area contributed by atoms with Gasteiger partial charge in [0.15, 0.2) is 28.2 Å². The molecule has 0 radical (unpaired) electrons. The summed E-state index contributed by atoms with van der Waals surface area (Å²) in [6.45, 7) is 16.6. The molecule has 38 heteroatoms. The van der Waals surface area contributed by atoms with Crippen molar-refractivity contribution in [3.63, 3.8) is 0 Å². The summed E-state index contributed by atoms with van der Waals surface area (Å²) in [6.07, 6.45) is 38.9. The number of aryl methyl sites for hydroxylation is 5. The van der Waals surface area contributed by atoms with E-state index in [-0.39, 0.29) is 64.8 Å². The average Bonchev–Trinajstić information content (AvgIpc) is 1.74. The molecule has 0 spiro atoms. The van der Waals surface area contributed by atoms with Crippen LogP contribution >= 0.6 is 0 Å². The van der Waals surface area contributed by atoms with Crippen LogP contribution in [-0.4, -0.2) is 240 Å². The first-order chi connectivity index (χ1) is 71.5. The molecule has 25 rings (SSSR count). The van der Waals surface area contributed by atoms with E-state index in [1.165, 1.54) is 41.5 Å². The highest BCUT2D eigenvalue weighted by Crippen LogP contribution is 2.41. The third-order valence-electron chi connectivity index (χ3n) is 30.2. The van der Waals surface area contributed by atoms with Crippen LogP contribution < -0.4 is 29.0 Å². The number of ether oxygens (including phenoxy) is 5. The Hall–Kier alpha value is -15.0. The van der Waals surface area contributed by atoms with Crippen molar-refractivity contribution in [3.8, 4) is 28.7 Å². The predicted molar refractivity (Wildman–Crippen MR) is 537 cm³/mol. The normalized spacial score (nSPS) is 18.9. The van der Waals surface area contributed by atoms with Gasteiger partial charge in [0.2, 0.25) is 17.7 Å². The second kappa shape index (κ2) is 42.6. The Kier molecular flexibility index (Phi) is 28.4. The number of halogens is 5. The highest BCUT2D eigenvalue weighted by Gasteiger charge is 2.35. The molecule has 5 aromatic carbocycles. The zero-order valence-electron chi connectivity index (χ0n) is 83.6. The molecule has 15 aromatic rings. The highest BCUT2D eigenvalue weighted by molar-refractivity contribution is 5.98. The quantitative estimate of drug-likeness (QED) is 0.0693. The lowest BCUT2D eigenvalue weighted by molar-refractivity contribution is -0.133. The van der Waals surface area contributed by atoms with Crippen LogP contribution in [0, 0.1) is 29.1 Å². The van der Waals surface area contributed by atoms with Crippen LogP contribution in [0.4, 0.5) is 22.0 Å². The third-order valence-corrected chi connectivity index (χ3v) is 30.2. The molecule has 760 valence electrons. The minimum absolute atomic E-state index is 0.000678. The van der Waals surface area contributed by atoms with Crippen LogP contribution in [-0.2, 0) is 111 Å². The van der Waals surface area contributed by atoms with Crippen LogP contribution in [0.25, 0.3) is 45.0 Å². The Morgan fingerprint density at radius 3 is 1.07 bits per heavy atom. The molecule has 33 nitrogen and oxygen atoms in total. The van der Waals surface area contributed by atoms with E-state index in [2.05, 4.69) is 111 Å². The Bertz CT molecular complexity index is 7650. The first kappa shape index (κ1) is 98.1. The van der Waals surface area contributed by atoms with Gasteiger partial charge in [-0.2, -0.15) is 0 Å². The summed E-state index contributed by atoms with van der Waals surface area (Å²) in [7, 11) is 5.78. The monoisotopic (exact) mass is 2000 g/mol. The fourth-order valence-corrected chi connectivity index (χ4v) is 22.6. The molecule has 1 N–H and O–H groups in total. The van der Waals surface area contributed by atoms with Crippen molar-refractivity contribution in [2.45, 2.75) is 212 Å². The largest absolute Gasteiger partial charge is 0.493 e. The smallest absolute Gasteiger partial charge is 0.246 e. The first-order valence-corrected chi connectivity index (χ1v) is 50.9. The number of nitrogens with zero attached hydrogens (tertiary/aromatic N) is 24. The molecular formula is C109H116F5N25O8. The maximum absolute atomic E-state index is 14.5. The molecule has 20 heterocycles. The van der Waals surface area contributed by atoms with E-state index in [4.69, 9.17) is 38.6 Å². The zero-order chi connectivity index (χ0) is 101. The fraction of sp³-hybridized carbons (Fsp3) is 0.413. The van der Waals surface area contributed by atoms with Crippen LogP contribution in [0.3, 0.4) is 0 Å². The second-order valence-electron chi connectivity index (χ2n) is 39.6. The van der Waals surface area contributed by atoms with E-state index in [1.807, 2.05) is 65.7 Å². The lowest BCUT2D eigenvalue weighted by Gasteiger charge is -2.37. The van der Waals surface area contributed by atoms with Crippen molar-refractivity contribution in [2.24, 2.45) is 0 Å². The summed E-state index contributed by atoms with van der Waals surface area (Å²) in [5, 5.41) is 45.6. The summed E-state index contributed by atoms with van der Waals surface area (Å²) >= 11 is 0. The lowest BCUT2D eigenvalue weighted by Crippen LogP contribution is -2.45. The molecule has 5 unspecified atom stereocenters. The van der Waals surface area contributed by atoms with Gasteiger partial charge in [0.1, 0.15) is 119 Å². The minimum atomic E-state index is -0.208. The van der Waals surface area contributed by atoms with E-state index in [9.17, 15) is 36.3 Å². The summed E-state index contributed by atoms with van der Waals surface area (Å²) < 4.78 is 110. The Morgan fingerprint density at radius 2 is 0.721 bits per heavy atom. The second-order valence-corrected chi connectivity index (χ2v) is 39.6. The van der Waals surface area contributed by atoms with E-state index in [0.717, 1.165) is 243 Å². The molecule has 0 aliphatic carbocycles. The van der Waals surface area contributed by atoms with Gasteiger partial charge in [-0.25, -0.2) is 46.9 Å². The number of nitrogens with one attached hydrogen (secondary N) is 1. The Balaban J connectivity index is 0.000000108. The number of piperidine rings is 2. The van der Waals surface area contributed by atoms with Crippen molar-refractivity contribution in [3.05, 3.63) is 283 Å². The van der Waals surface area contributed by atoms with Crippen molar-refractivity contribution in [2.75, 3.05) is 80.4 Å². The standard InChI is InChI=1S/C24H26FN5O2.C22H24FN5O.C21H22FN5O2.C21H20FN5O2.C21H24FN5O/c1-14-10-17(11-15(2)30(14)16(3)31)20-12-26-23(29-13-27-28-24(20)29)7-4-18-19-8-9-32-22(19)6-5-21(18)25;1-13-9-15(10-14(2)26-13)18-11-24-21(28-12-25-27-22(18)28)6-3-16-17-7-8-29-20(17)5-4-19(16)23;2*1-26-8-6-13(10-20(26)28)16-11-23-19(27-12-24-25-21(16)27)5-2-14-15-7-9-29-18(15)4-3-17(14)22;1-26-9-6-14(7-10-26)17-12-23-20(27-13-24-25-21(17)27)5-2-15-16-8-11-28-19(16)4-3-18(15)22/h5-6,10,12-15H,4,7-9,11H2,1-3H3;4-5,9,11-14,26H,3,6-8,10H2,1-2H3;3-4,11-13H,2,5-10H2,1H3;3-4,10-12H,2,5-9H2,1H3;3-4,12-14H,2,5-11H2,1H3. The molecule has 2 fully saturated rings. The molecule has 147 heavy (non-hydrogen) atoms. The van der Waals surface area contributed by atoms with Gasteiger partial charge in [-0.05, 0) is 235 Å². The number of hydrogen-bond acceptors (Lipinski definition) is 25. The van der Waals surface area contributed by atoms with Crippen LogP contribution in [0.1, 0.15) is 204 Å². The van der Waals surface area contributed by atoms with Crippen LogP contribution in [0.2, 0.25) is 0 Å². The van der Waals surface area contributed by atoms with Crippen molar-refractivity contribution in [1.29, 1.82) is 0 Å². The summed E-state index contributed by atoms with van der Waals surface area (Å²) in [4.78, 5) is 67.2. The van der Waals surface area contributed by atoms with Gasteiger partial charge in [0, 0.05) is 222 Å². The molecule has 2 saturated heterocycles. The first-order valence-electron chi connectivity index (χ1n) is 50.9. The number of likely N-dealkylation sites (N-methyl/N-ethyl adjacent to an activating group) is 1. The van der Waals surface area contributed by atoms with Gasteiger partial charge < -0.3 is 48.6 Å². The third kappa shape index (κ3) is 20.3. The molecule has 10 aliphatic heterocycles. The fourth-order valence-electron chi connectivity index (χ4n) is 22.6. The van der Waals surface area contributed by atoms with Crippen molar-refractivity contribution >= 4 is 62.7 Å². The maximum atomic E-state index is 14.5. The Morgan fingerprint density at radius 1 is 0.381 bits per heavy atom. The number of carbonyl (C=O) groups excluding carboxylic acids is 3. The minimum Gasteiger partial charge on any atom is -0.493 e. The molecule has 10 aliphatic rings. The number of carbonyl (C=O) groups is 3. The summed E-state index contributed by atoms with van der Waals surface area (Å²) in [5.74, 6) is 7.80. The maximum Gasteiger partial charge on any atom is 0.246 e. The number of amides is 3. The number of fused-ring (bicyclic) bond motifs is 10. The number of aromatic nitrogens is 20. The van der Waals surface area contributed by atoms with Gasteiger partial charge in [-0.3, -0.25) is 36.4 Å². The summed E-state index contributed by atoms with van der Waals surface area (Å²) in [6, 6.07) is 16.8. The highest BCUT2D eigenvalue weighted by atomic mass is 19.1. The Labute approximate surface area is 845 Å². The van der Waals surface area contributed by atoms with Crippen molar-refractivity contribution < 1.29 is 60.0 Å². The molecule has 5 atom stereocenters. The van der Waals surface area contributed by atoms with E-state index < -0.39 is 0 Å². The van der Waals surface area contributed by atoms with E-state index >= 15 is 0 Å². The average molecular weight is 2000 g/mol. The number of benzene rings is 5. The summed E-state index contributed by atoms with van der Waals surface area (Å²) in [5.41, 5.74) is 20.4. The van der Waals surface area contributed by atoms with E-state index in [1.54, 1.807) is 98.0 Å².